The number of carbonyl (C=O) groups is 1. The van der Waals surface area contributed by atoms with Gasteiger partial charge in [0.15, 0.2) is 0 Å². The SMILES string of the molecule is CCS(=O)(=O)Nc1ccc(Oc2c(C)cc(F)cc2C)c(-c2cn(C)c(=O)c3[nH]c(C(=O)Nc4ccc(C(C)C)cc4)cc23)c1. The number of rotatable bonds is 9. The van der Waals surface area contributed by atoms with E-state index < -0.39 is 21.7 Å². The van der Waals surface area contributed by atoms with Gasteiger partial charge in [0.2, 0.25) is 10.0 Å². The van der Waals surface area contributed by atoms with Crippen LogP contribution in [0.25, 0.3) is 22.0 Å². The highest BCUT2D eigenvalue weighted by Crippen LogP contribution is 2.40. The Morgan fingerprint density at radius 1 is 0.978 bits per heavy atom. The molecule has 0 saturated carbocycles. The number of halogens is 1. The molecule has 0 bridgehead atoms. The topological polar surface area (TPSA) is 122 Å². The Morgan fingerprint density at radius 3 is 2.24 bits per heavy atom. The maximum absolute atomic E-state index is 14.1. The zero-order valence-corrected chi connectivity index (χ0v) is 26.7. The molecule has 2 heterocycles. The van der Waals surface area contributed by atoms with Gasteiger partial charge in [-0.25, -0.2) is 12.8 Å². The van der Waals surface area contributed by atoms with E-state index in [0.29, 0.717) is 50.7 Å². The number of aromatic nitrogens is 2. The summed E-state index contributed by atoms with van der Waals surface area (Å²) in [6.45, 7) is 9.16. The van der Waals surface area contributed by atoms with E-state index in [1.165, 1.54) is 23.6 Å². The fraction of sp³-hybridized carbons (Fsp3) is 0.235. The van der Waals surface area contributed by atoms with Crippen molar-refractivity contribution in [2.75, 3.05) is 15.8 Å². The maximum atomic E-state index is 14.1. The number of ether oxygens (including phenoxy) is 1. The number of pyridine rings is 1. The lowest BCUT2D eigenvalue weighted by molar-refractivity contribution is 0.102. The van der Waals surface area contributed by atoms with E-state index in [4.69, 9.17) is 4.74 Å². The normalized spacial score (nSPS) is 11.6. The fourth-order valence-electron chi connectivity index (χ4n) is 5.13. The van der Waals surface area contributed by atoms with Crippen molar-refractivity contribution in [2.45, 2.75) is 40.5 Å². The summed E-state index contributed by atoms with van der Waals surface area (Å²) in [6.07, 6.45) is 1.61. The molecule has 234 valence electrons. The molecule has 11 heteroatoms. The maximum Gasteiger partial charge on any atom is 0.274 e. The highest BCUT2D eigenvalue weighted by Gasteiger charge is 2.21. The molecule has 0 fully saturated rings. The van der Waals surface area contributed by atoms with Crippen molar-refractivity contribution < 1.29 is 22.3 Å². The summed E-state index contributed by atoms with van der Waals surface area (Å²) in [4.78, 5) is 29.5. The van der Waals surface area contributed by atoms with Gasteiger partial charge in [0.1, 0.15) is 28.5 Å². The van der Waals surface area contributed by atoms with Crippen LogP contribution in [0, 0.1) is 19.7 Å². The number of fused-ring (bicyclic) bond motifs is 1. The number of amides is 1. The van der Waals surface area contributed by atoms with Gasteiger partial charge in [-0.2, -0.15) is 0 Å². The molecule has 3 aromatic carbocycles. The van der Waals surface area contributed by atoms with E-state index in [0.717, 1.165) is 5.56 Å². The molecule has 0 aliphatic rings. The molecular formula is C34H35FN4O5S. The number of H-pyrrole nitrogens is 1. The molecule has 0 radical (unpaired) electrons. The standard InChI is InChI=1S/C34H35FN4O5S/c1-7-45(42,43)38-25-12-13-30(44-32-20(4)14-23(35)15-21(32)5)26(16-25)28-18-39(6)34(41)31-27(28)17-29(37-31)33(40)36-24-10-8-22(9-11-24)19(2)3/h8-19,37-38H,7H2,1-6H3,(H,36,40). The van der Waals surface area contributed by atoms with E-state index in [1.54, 1.807) is 51.4 Å². The van der Waals surface area contributed by atoms with Gasteiger partial charge in [-0.05, 0) is 91.9 Å². The van der Waals surface area contributed by atoms with Crippen LogP contribution in [0.2, 0.25) is 0 Å². The van der Waals surface area contributed by atoms with Crippen molar-refractivity contribution in [3.8, 4) is 22.6 Å². The van der Waals surface area contributed by atoms with Gasteiger partial charge in [-0.1, -0.05) is 26.0 Å². The number of nitrogens with one attached hydrogen (secondary N) is 3. The number of sulfonamides is 1. The predicted octanol–water partition coefficient (Wildman–Crippen LogP) is 7.22. The molecule has 0 aliphatic heterocycles. The molecule has 0 saturated heterocycles. The van der Waals surface area contributed by atoms with Crippen LogP contribution in [0.1, 0.15) is 53.9 Å². The summed E-state index contributed by atoms with van der Waals surface area (Å²) in [5.74, 6) is 0.168. The lowest BCUT2D eigenvalue weighted by Crippen LogP contribution is -2.17. The Kier molecular flexibility index (Phi) is 8.57. The lowest BCUT2D eigenvalue weighted by atomic mass is 10.0. The van der Waals surface area contributed by atoms with Crippen LogP contribution in [0.5, 0.6) is 11.5 Å². The number of hydrogen-bond acceptors (Lipinski definition) is 5. The molecule has 0 spiro atoms. The summed E-state index contributed by atoms with van der Waals surface area (Å²) in [5.41, 5.74) is 4.12. The molecule has 0 unspecified atom stereocenters. The zero-order chi connectivity index (χ0) is 32.6. The Bertz CT molecular complexity index is 2080. The average Bonchev–Trinajstić information content (AvgIpc) is 3.44. The number of aromatic amines is 1. The van der Waals surface area contributed by atoms with Crippen LogP contribution in [-0.2, 0) is 17.1 Å². The smallest absolute Gasteiger partial charge is 0.274 e. The van der Waals surface area contributed by atoms with Gasteiger partial charge in [0.05, 0.1) is 5.75 Å². The van der Waals surface area contributed by atoms with Gasteiger partial charge in [0, 0.05) is 41.1 Å². The van der Waals surface area contributed by atoms with Crippen LogP contribution < -0.4 is 20.3 Å². The van der Waals surface area contributed by atoms with Gasteiger partial charge in [0.25, 0.3) is 11.5 Å². The van der Waals surface area contributed by atoms with Crippen LogP contribution in [0.3, 0.4) is 0 Å². The summed E-state index contributed by atoms with van der Waals surface area (Å²) >= 11 is 0. The number of nitrogens with zero attached hydrogens (tertiary/aromatic N) is 1. The molecule has 9 nitrogen and oxygen atoms in total. The Morgan fingerprint density at radius 2 is 1.62 bits per heavy atom. The van der Waals surface area contributed by atoms with Crippen molar-refractivity contribution >= 4 is 38.2 Å². The summed E-state index contributed by atoms with van der Waals surface area (Å²) in [7, 11) is -2.03. The minimum Gasteiger partial charge on any atom is -0.456 e. The van der Waals surface area contributed by atoms with E-state index in [1.807, 2.05) is 24.3 Å². The highest BCUT2D eigenvalue weighted by molar-refractivity contribution is 7.92. The monoisotopic (exact) mass is 630 g/mol. The van der Waals surface area contributed by atoms with Crippen LogP contribution in [0.15, 0.2) is 71.7 Å². The third kappa shape index (κ3) is 6.63. The first-order chi connectivity index (χ1) is 21.3. The van der Waals surface area contributed by atoms with Crippen LogP contribution in [-0.4, -0.2) is 29.6 Å². The second kappa shape index (κ2) is 12.2. The number of benzene rings is 3. The largest absolute Gasteiger partial charge is 0.456 e. The van der Waals surface area contributed by atoms with Gasteiger partial charge in [-0.3, -0.25) is 14.3 Å². The second-order valence-electron chi connectivity index (χ2n) is 11.3. The third-order valence-corrected chi connectivity index (χ3v) is 8.91. The van der Waals surface area contributed by atoms with E-state index >= 15 is 0 Å². The van der Waals surface area contributed by atoms with Crippen molar-refractivity contribution in [2.24, 2.45) is 7.05 Å². The fourth-order valence-corrected chi connectivity index (χ4v) is 5.76. The molecule has 1 amide bonds. The molecule has 0 atom stereocenters. The highest BCUT2D eigenvalue weighted by atomic mass is 32.2. The molecule has 45 heavy (non-hydrogen) atoms. The lowest BCUT2D eigenvalue weighted by Gasteiger charge is -2.18. The van der Waals surface area contributed by atoms with Crippen molar-refractivity contribution in [1.82, 2.24) is 9.55 Å². The van der Waals surface area contributed by atoms with E-state index in [9.17, 15) is 22.4 Å². The number of aryl methyl sites for hydroxylation is 3. The number of anilines is 2. The van der Waals surface area contributed by atoms with Crippen molar-refractivity contribution in [1.29, 1.82) is 0 Å². The van der Waals surface area contributed by atoms with Gasteiger partial charge in [-0.15, -0.1) is 0 Å². The Hall–Kier alpha value is -4.90. The van der Waals surface area contributed by atoms with E-state index in [2.05, 4.69) is 28.9 Å². The van der Waals surface area contributed by atoms with E-state index in [-0.39, 0.29) is 28.2 Å². The minimum absolute atomic E-state index is 0.130. The Balaban J connectivity index is 1.64. The molecule has 3 N–H and O–H groups in total. The molecule has 5 aromatic rings. The summed E-state index contributed by atoms with van der Waals surface area (Å²) in [5, 5.41) is 3.31. The average molecular weight is 631 g/mol. The first-order valence-electron chi connectivity index (χ1n) is 14.5. The van der Waals surface area contributed by atoms with Crippen LogP contribution in [0.4, 0.5) is 15.8 Å². The first-order valence-corrected chi connectivity index (χ1v) is 16.1. The quantitative estimate of drug-likeness (QED) is 0.159. The summed E-state index contributed by atoms with van der Waals surface area (Å²) in [6, 6.07) is 16.7. The number of hydrogen-bond donors (Lipinski definition) is 3. The molecule has 2 aromatic heterocycles. The molecule has 5 rings (SSSR count). The van der Waals surface area contributed by atoms with Crippen molar-refractivity contribution in [3.63, 3.8) is 0 Å². The Labute approximate surface area is 261 Å². The molecule has 0 aliphatic carbocycles. The van der Waals surface area contributed by atoms with Crippen LogP contribution >= 0.6 is 0 Å². The minimum atomic E-state index is -3.61. The van der Waals surface area contributed by atoms with Crippen molar-refractivity contribution in [3.05, 3.63) is 105 Å². The van der Waals surface area contributed by atoms with Gasteiger partial charge < -0.3 is 19.6 Å². The number of carbonyl (C=O) groups excluding carboxylic acids is 1. The first kappa shape index (κ1) is 31.5. The predicted molar refractivity (Wildman–Crippen MR) is 176 cm³/mol. The third-order valence-electron chi connectivity index (χ3n) is 7.60. The van der Waals surface area contributed by atoms with Gasteiger partial charge >= 0.3 is 0 Å². The second-order valence-corrected chi connectivity index (χ2v) is 13.4. The molecular weight excluding hydrogens is 595 g/mol. The zero-order valence-electron chi connectivity index (χ0n) is 25.9. The summed E-state index contributed by atoms with van der Waals surface area (Å²) < 4.78 is 49.2.